The molecule has 2 aliphatic rings. The largest absolute Gasteiger partial charge is 0.469 e. The first kappa shape index (κ1) is 26.7. The highest BCUT2D eigenvalue weighted by Crippen LogP contribution is 2.49. The lowest BCUT2D eigenvalue weighted by atomic mass is 9.70. The van der Waals surface area contributed by atoms with Gasteiger partial charge in [0.1, 0.15) is 11.8 Å². The number of nitrogens with one attached hydrogen (secondary N) is 2. The van der Waals surface area contributed by atoms with Gasteiger partial charge in [0.2, 0.25) is 17.7 Å². The van der Waals surface area contributed by atoms with Crippen molar-refractivity contribution in [3.8, 4) is 0 Å². The Labute approximate surface area is 230 Å². The molecule has 204 valence electrons. The summed E-state index contributed by atoms with van der Waals surface area (Å²) in [5, 5.41) is 6.05. The van der Waals surface area contributed by atoms with Gasteiger partial charge in [-0.25, -0.2) is 0 Å². The van der Waals surface area contributed by atoms with Crippen LogP contribution in [0.25, 0.3) is 0 Å². The minimum absolute atomic E-state index is 0.184. The van der Waals surface area contributed by atoms with Crippen LogP contribution in [0.3, 0.4) is 0 Å². The second-order valence-electron chi connectivity index (χ2n) is 10.6. The summed E-state index contributed by atoms with van der Waals surface area (Å²) in [6, 6.07) is 18.2. The number of carbonyl (C=O) groups excluding carboxylic acids is 3. The SMILES string of the molecule is CCCCNC(=O)[C@@H]1[C@@H]2Cc3occc3[C@@H](C(=O)Nc3ccccc3)C2C(=O)N1c1ccc(CCCC)cc1. The van der Waals surface area contributed by atoms with E-state index in [1.165, 1.54) is 5.56 Å². The molecule has 2 aromatic carbocycles. The maximum Gasteiger partial charge on any atom is 0.243 e. The van der Waals surface area contributed by atoms with Crippen molar-refractivity contribution < 1.29 is 18.8 Å². The minimum atomic E-state index is -0.759. The van der Waals surface area contributed by atoms with Crippen LogP contribution in [0.1, 0.15) is 62.3 Å². The van der Waals surface area contributed by atoms with Gasteiger partial charge >= 0.3 is 0 Å². The van der Waals surface area contributed by atoms with E-state index in [1.54, 1.807) is 17.2 Å². The second-order valence-corrected chi connectivity index (χ2v) is 10.6. The number of nitrogens with zero attached hydrogens (tertiary/aromatic N) is 1. The van der Waals surface area contributed by atoms with E-state index in [0.29, 0.717) is 30.1 Å². The van der Waals surface area contributed by atoms with Crippen LogP contribution in [0, 0.1) is 11.8 Å². The van der Waals surface area contributed by atoms with E-state index < -0.39 is 23.8 Å². The van der Waals surface area contributed by atoms with E-state index in [-0.39, 0.29) is 17.7 Å². The number of fused-ring (bicyclic) bond motifs is 2. The van der Waals surface area contributed by atoms with E-state index in [9.17, 15) is 14.4 Å². The quantitative estimate of drug-likeness (QED) is 0.342. The fourth-order valence-corrected chi connectivity index (χ4v) is 6.04. The number of anilines is 2. The lowest BCUT2D eigenvalue weighted by Gasteiger charge is -2.32. The molecule has 1 unspecified atom stereocenters. The normalized spacial score (nSPS) is 21.8. The van der Waals surface area contributed by atoms with Crippen molar-refractivity contribution in [2.45, 2.75) is 64.3 Å². The summed E-state index contributed by atoms with van der Waals surface area (Å²) in [7, 11) is 0. The van der Waals surface area contributed by atoms with Crippen molar-refractivity contribution in [1.29, 1.82) is 0 Å². The number of amides is 3. The second kappa shape index (κ2) is 11.9. The van der Waals surface area contributed by atoms with Gasteiger partial charge in [0.15, 0.2) is 0 Å². The third kappa shape index (κ3) is 5.35. The first-order valence-corrected chi connectivity index (χ1v) is 14.1. The molecule has 7 heteroatoms. The molecule has 1 aromatic heterocycles. The van der Waals surface area contributed by atoms with Gasteiger partial charge in [0, 0.05) is 35.8 Å². The topological polar surface area (TPSA) is 91.6 Å². The van der Waals surface area contributed by atoms with Crippen molar-refractivity contribution in [3.05, 3.63) is 83.8 Å². The summed E-state index contributed by atoms with van der Waals surface area (Å²) in [6.45, 7) is 4.78. The van der Waals surface area contributed by atoms with Gasteiger partial charge in [-0.15, -0.1) is 0 Å². The number of benzene rings is 2. The van der Waals surface area contributed by atoms with Gasteiger partial charge < -0.3 is 15.1 Å². The van der Waals surface area contributed by atoms with Crippen LogP contribution < -0.4 is 15.5 Å². The fourth-order valence-electron chi connectivity index (χ4n) is 6.04. The van der Waals surface area contributed by atoms with Crippen molar-refractivity contribution in [2.75, 3.05) is 16.8 Å². The van der Waals surface area contributed by atoms with Gasteiger partial charge in [-0.2, -0.15) is 0 Å². The van der Waals surface area contributed by atoms with E-state index in [2.05, 4.69) is 24.5 Å². The van der Waals surface area contributed by atoms with Crippen LogP contribution in [-0.4, -0.2) is 30.3 Å². The van der Waals surface area contributed by atoms with Crippen LogP contribution in [0.4, 0.5) is 11.4 Å². The zero-order valence-corrected chi connectivity index (χ0v) is 22.7. The minimum Gasteiger partial charge on any atom is -0.469 e. The molecule has 3 amide bonds. The highest BCUT2D eigenvalue weighted by Gasteiger charge is 2.59. The standard InChI is InChI=1S/C32H37N3O4/c1-3-5-10-21-13-15-23(16-14-21)35-29(31(37)33-18-6-4-2)25-20-26-24(17-19-39-26)27(28(25)32(35)38)30(36)34-22-11-8-7-9-12-22/h7-9,11-17,19,25,27-29H,3-6,10,18,20H2,1-2H3,(H,33,37)(H,34,36)/t25-,27-,28?,29+/m1/s1. The fraction of sp³-hybridized carbons (Fsp3) is 0.406. The highest BCUT2D eigenvalue weighted by atomic mass is 16.3. The lowest BCUT2D eigenvalue weighted by Crippen LogP contribution is -2.48. The van der Waals surface area contributed by atoms with Gasteiger partial charge in [-0.3, -0.25) is 19.3 Å². The molecule has 0 radical (unpaired) electrons. The molecule has 3 aromatic rings. The Bertz CT molecular complexity index is 1300. The van der Waals surface area contributed by atoms with Crippen LogP contribution in [0.2, 0.25) is 0 Å². The van der Waals surface area contributed by atoms with Crippen molar-refractivity contribution in [3.63, 3.8) is 0 Å². The number of hydrogen-bond donors (Lipinski definition) is 2. The molecule has 1 aliphatic heterocycles. The molecular formula is C32H37N3O4. The predicted octanol–water partition coefficient (Wildman–Crippen LogP) is 5.46. The maximum absolute atomic E-state index is 14.3. The van der Waals surface area contributed by atoms with E-state index in [0.717, 1.165) is 37.7 Å². The van der Waals surface area contributed by atoms with Gasteiger partial charge in [-0.05, 0) is 55.2 Å². The molecule has 0 bridgehead atoms. The number of furan rings is 1. The number of para-hydroxylation sites is 1. The Balaban J connectivity index is 1.52. The van der Waals surface area contributed by atoms with Gasteiger partial charge in [0.25, 0.3) is 0 Å². The van der Waals surface area contributed by atoms with Crippen molar-refractivity contribution >= 4 is 29.1 Å². The Morgan fingerprint density at radius 3 is 2.41 bits per heavy atom. The summed E-state index contributed by atoms with van der Waals surface area (Å²) in [4.78, 5) is 43.4. The third-order valence-electron chi connectivity index (χ3n) is 8.02. The van der Waals surface area contributed by atoms with Crippen LogP contribution in [-0.2, 0) is 27.2 Å². The van der Waals surface area contributed by atoms with E-state index in [4.69, 9.17) is 4.42 Å². The molecule has 5 rings (SSSR count). The monoisotopic (exact) mass is 527 g/mol. The Morgan fingerprint density at radius 1 is 0.949 bits per heavy atom. The van der Waals surface area contributed by atoms with Gasteiger partial charge in [0.05, 0.1) is 18.1 Å². The summed E-state index contributed by atoms with van der Waals surface area (Å²) in [6.07, 6.45) is 6.98. The maximum atomic E-state index is 14.3. The molecule has 2 heterocycles. The van der Waals surface area contributed by atoms with Gasteiger partial charge in [-0.1, -0.05) is 57.0 Å². The zero-order valence-electron chi connectivity index (χ0n) is 22.7. The van der Waals surface area contributed by atoms with Crippen LogP contribution in [0.5, 0.6) is 0 Å². The Kier molecular flexibility index (Phi) is 8.15. The first-order chi connectivity index (χ1) is 19.0. The molecule has 39 heavy (non-hydrogen) atoms. The summed E-state index contributed by atoms with van der Waals surface area (Å²) < 4.78 is 5.81. The number of carbonyl (C=O) groups is 3. The number of rotatable bonds is 10. The van der Waals surface area contributed by atoms with Crippen LogP contribution >= 0.6 is 0 Å². The van der Waals surface area contributed by atoms with Crippen molar-refractivity contribution in [2.24, 2.45) is 11.8 Å². The Hall–Kier alpha value is -3.87. The number of unbranched alkanes of at least 4 members (excludes halogenated alkanes) is 2. The molecule has 1 saturated heterocycles. The molecular weight excluding hydrogens is 490 g/mol. The van der Waals surface area contributed by atoms with E-state index in [1.807, 2.05) is 54.6 Å². The number of hydrogen-bond acceptors (Lipinski definition) is 4. The average Bonchev–Trinajstić information content (AvgIpc) is 3.53. The Morgan fingerprint density at radius 2 is 1.69 bits per heavy atom. The average molecular weight is 528 g/mol. The smallest absolute Gasteiger partial charge is 0.243 e. The molecule has 7 nitrogen and oxygen atoms in total. The van der Waals surface area contributed by atoms with Crippen molar-refractivity contribution in [1.82, 2.24) is 5.32 Å². The number of aryl methyl sites for hydroxylation is 1. The van der Waals surface area contributed by atoms with Crippen LogP contribution in [0.15, 0.2) is 71.3 Å². The molecule has 0 saturated carbocycles. The zero-order chi connectivity index (χ0) is 27.4. The summed E-state index contributed by atoms with van der Waals surface area (Å²) >= 11 is 0. The van der Waals surface area contributed by atoms with E-state index >= 15 is 0 Å². The first-order valence-electron chi connectivity index (χ1n) is 14.1. The predicted molar refractivity (Wildman–Crippen MR) is 151 cm³/mol. The molecule has 1 fully saturated rings. The molecule has 1 aliphatic carbocycles. The summed E-state index contributed by atoms with van der Waals surface area (Å²) in [5.41, 5.74) is 3.27. The summed E-state index contributed by atoms with van der Waals surface area (Å²) in [5.74, 6) is -1.82. The molecule has 4 atom stereocenters. The lowest BCUT2D eigenvalue weighted by molar-refractivity contribution is -0.127. The third-order valence-corrected chi connectivity index (χ3v) is 8.02. The molecule has 0 spiro atoms. The molecule has 2 N–H and O–H groups in total. The highest BCUT2D eigenvalue weighted by molar-refractivity contribution is 6.10.